The van der Waals surface area contributed by atoms with Gasteiger partial charge in [0.1, 0.15) is 0 Å². The second-order valence-corrected chi connectivity index (χ2v) is 9.11. The summed E-state index contributed by atoms with van der Waals surface area (Å²) in [5, 5.41) is 10.3. The van der Waals surface area contributed by atoms with Gasteiger partial charge in [-0.1, -0.05) is 35.7 Å². The van der Waals surface area contributed by atoms with Gasteiger partial charge >= 0.3 is 0 Å². The van der Waals surface area contributed by atoms with E-state index < -0.39 is 17.4 Å². The summed E-state index contributed by atoms with van der Waals surface area (Å²) in [6.07, 6.45) is 6.55. The van der Waals surface area contributed by atoms with E-state index in [9.17, 15) is 18.4 Å². The van der Waals surface area contributed by atoms with Gasteiger partial charge in [0.15, 0.2) is 33.4 Å². The largest absolute Gasteiger partial charge is 0.505 e. The van der Waals surface area contributed by atoms with Crippen LogP contribution >= 0.6 is 23.5 Å². The smallest absolute Gasteiger partial charge is 0.261 e. The number of aromatic nitrogens is 4. The zero-order chi connectivity index (χ0) is 27.3. The highest BCUT2D eigenvalue weighted by Crippen LogP contribution is 2.24. The summed E-state index contributed by atoms with van der Waals surface area (Å²) in [7, 11) is 4.65. The topological polar surface area (TPSA) is 99.2 Å². The zero-order valence-electron chi connectivity index (χ0n) is 20.7. The maximum Gasteiger partial charge on any atom is 0.261 e. The van der Waals surface area contributed by atoms with Crippen LogP contribution in [0.2, 0.25) is 0 Å². The lowest BCUT2D eigenvalue weighted by atomic mass is 10.1. The Balaban J connectivity index is 0.000000206. The van der Waals surface area contributed by atoms with E-state index in [4.69, 9.17) is 9.84 Å². The molecule has 12 heteroatoms. The predicted octanol–water partition coefficient (Wildman–Crippen LogP) is 4.33. The molecule has 0 atom stereocenters. The van der Waals surface area contributed by atoms with E-state index in [0.717, 1.165) is 6.07 Å². The van der Waals surface area contributed by atoms with Crippen LogP contribution in [-0.4, -0.2) is 43.8 Å². The molecule has 0 fully saturated rings. The summed E-state index contributed by atoms with van der Waals surface area (Å²) in [4.78, 5) is 32.5. The number of nitrogens with zero attached hydrogens (tertiary/aromatic N) is 4. The molecule has 2 heterocycles. The fourth-order valence-electron chi connectivity index (χ4n) is 3.34. The second kappa shape index (κ2) is 12.1. The van der Waals surface area contributed by atoms with Gasteiger partial charge in [-0.2, -0.15) is 0 Å². The minimum atomic E-state index is -0.761. The molecule has 4 rings (SSSR count). The molecule has 0 amide bonds. The third-order valence-electron chi connectivity index (χ3n) is 5.34. The second-order valence-electron chi connectivity index (χ2n) is 7.56. The maximum atomic E-state index is 13.7. The highest BCUT2D eigenvalue weighted by atomic mass is 32.2. The minimum absolute atomic E-state index is 0.147. The van der Waals surface area contributed by atoms with Crippen molar-refractivity contribution in [3.05, 3.63) is 81.1 Å². The number of hydrogen-bond donors (Lipinski definition) is 1. The third kappa shape index (κ3) is 6.03. The number of ether oxygens (including phenoxy) is 1. The van der Waals surface area contributed by atoms with Gasteiger partial charge in [-0.15, -0.1) is 0 Å². The summed E-state index contributed by atoms with van der Waals surface area (Å²) >= 11 is 2.74. The molecule has 2 aromatic carbocycles. The first-order chi connectivity index (χ1) is 17.6. The van der Waals surface area contributed by atoms with E-state index in [-0.39, 0.29) is 16.9 Å². The quantitative estimate of drug-likeness (QED) is 0.292. The molecular formula is C25H24F2N4O4S2. The molecule has 0 radical (unpaired) electrons. The Morgan fingerprint density at radius 1 is 0.811 bits per heavy atom. The molecule has 0 bridgehead atoms. The minimum Gasteiger partial charge on any atom is -0.505 e. The van der Waals surface area contributed by atoms with E-state index in [2.05, 4.69) is 9.97 Å². The summed E-state index contributed by atoms with van der Waals surface area (Å²) in [5.41, 5.74) is 1.09. The van der Waals surface area contributed by atoms with Crippen LogP contribution in [0.25, 0.3) is 22.3 Å². The lowest BCUT2D eigenvalue weighted by Crippen LogP contribution is -2.21. The van der Waals surface area contributed by atoms with Crippen LogP contribution in [0.1, 0.15) is 0 Å². The standard InChI is InChI=1S/C13H13FN2O2S.C12H11FN2O2S/c1-16-12(17)9(7-15-13(16)19-3)8-4-5-11(18-2)10(14)6-8;1-15-11(17)8(6-14-12(15)18-2)7-3-4-10(16)9(13)5-7/h4-7H,1-3H3;3-6,16H,1-2H3. The third-order valence-corrected chi connectivity index (χ3v) is 6.83. The Labute approximate surface area is 220 Å². The normalized spacial score (nSPS) is 10.6. The average molecular weight is 547 g/mol. The molecule has 0 saturated heterocycles. The number of thioether (sulfide) groups is 2. The van der Waals surface area contributed by atoms with E-state index in [1.807, 2.05) is 12.5 Å². The van der Waals surface area contributed by atoms with Crippen molar-refractivity contribution in [3.63, 3.8) is 0 Å². The monoisotopic (exact) mass is 546 g/mol. The van der Waals surface area contributed by atoms with Gasteiger partial charge < -0.3 is 9.84 Å². The summed E-state index contributed by atoms with van der Waals surface area (Å²) in [6, 6.07) is 8.22. The van der Waals surface area contributed by atoms with Crippen molar-refractivity contribution in [1.29, 1.82) is 0 Å². The first-order valence-electron chi connectivity index (χ1n) is 10.7. The van der Waals surface area contributed by atoms with Crippen molar-refractivity contribution in [1.82, 2.24) is 19.1 Å². The molecule has 2 aromatic heterocycles. The molecule has 0 spiro atoms. The summed E-state index contributed by atoms with van der Waals surface area (Å²) < 4.78 is 34.6. The Morgan fingerprint density at radius 2 is 1.27 bits per heavy atom. The van der Waals surface area contributed by atoms with Crippen molar-refractivity contribution in [3.8, 4) is 33.8 Å². The molecule has 0 unspecified atom stereocenters. The van der Waals surface area contributed by atoms with E-state index >= 15 is 0 Å². The van der Waals surface area contributed by atoms with Gasteiger partial charge in [0, 0.05) is 26.5 Å². The fourth-order valence-corrected chi connectivity index (χ4v) is 4.37. The number of methoxy groups -OCH3 is 1. The molecule has 4 aromatic rings. The number of benzene rings is 2. The number of hydrogen-bond acceptors (Lipinski definition) is 8. The molecule has 0 aliphatic rings. The molecular weight excluding hydrogens is 522 g/mol. The Morgan fingerprint density at radius 3 is 1.68 bits per heavy atom. The van der Waals surface area contributed by atoms with Crippen molar-refractivity contribution < 1.29 is 18.6 Å². The SMILES string of the molecule is COc1ccc(-c2cnc(SC)n(C)c2=O)cc1F.CSc1ncc(-c2ccc(O)c(F)c2)c(=O)n1C. The highest BCUT2D eigenvalue weighted by Gasteiger charge is 2.12. The van der Waals surface area contributed by atoms with Crippen LogP contribution in [0.4, 0.5) is 8.78 Å². The average Bonchev–Trinajstić information content (AvgIpc) is 2.89. The van der Waals surface area contributed by atoms with Crippen LogP contribution in [-0.2, 0) is 14.1 Å². The van der Waals surface area contributed by atoms with Crippen molar-refractivity contribution >= 4 is 23.5 Å². The summed E-state index contributed by atoms with van der Waals surface area (Å²) in [5.74, 6) is -1.56. The molecule has 194 valence electrons. The first-order valence-corrected chi connectivity index (χ1v) is 13.1. The van der Waals surface area contributed by atoms with Crippen molar-refractivity contribution in [2.45, 2.75) is 10.3 Å². The van der Waals surface area contributed by atoms with Crippen LogP contribution in [0, 0.1) is 11.6 Å². The number of rotatable bonds is 5. The van der Waals surface area contributed by atoms with Crippen LogP contribution in [0.5, 0.6) is 11.5 Å². The molecule has 8 nitrogen and oxygen atoms in total. The lowest BCUT2D eigenvalue weighted by molar-refractivity contribution is 0.386. The van der Waals surface area contributed by atoms with Crippen LogP contribution < -0.4 is 15.9 Å². The predicted molar refractivity (Wildman–Crippen MR) is 142 cm³/mol. The van der Waals surface area contributed by atoms with E-state index in [1.54, 1.807) is 20.2 Å². The van der Waals surface area contributed by atoms with Crippen molar-refractivity contribution in [2.75, 3.05) is 19.6 Å². The lowest BCUT2D eigenvalue weighted by Gasteiger charge is -2.08. The fraction of sp³-hybridized carbons (Fsp3) is 0.200. The number of halogens is 2. The highest BCUT2D eigenvalue weighted by molar-refractivity contribution is 7.98. The van der Waals surface area contributed by atoms with Crippen LogP contribution in [0.15, 0.2) is 68.7 Å². The summed E-state index contributed by atoms with van der Waals surface area (Å²) in [6.45, 7) is 0. The number of phenols is 1. The van der Waals surface area contributed by atoms with Gasteiger partial charge in [0.05, 0.1) is 18.2 Å². The molecule has 0 saturated carbocycles. The van der Waals surface area contributed by atoms with Gasteiger partial charge in [-0.05, 0) is 47.9 Å². The van der Waals surface area contributed by atoms with Crippen molar-refractivity contribution in [2.24, 2.45) is 14.1 Å². The maximum absolute atomic E-state index is 13.7. The van der Waals surface area contributed by atoms with E-state index in [1.165, 1.54) is 76.4 Å². The molecule has 37 heavy (non-hydrogen) atoms. The Hall–Kier alpha value is -3.64. The zero-order valence-corrected chi connectivity index (χ0v) is 22.3. The number of aromatic hydroxyl groups is 1. The Kier molecular flexibility index (Phi) is 9.11. The molecule has 1 N–H and O–H groups in total. The van der Waals surface area contributed by atoms with Crippen LogP contribution in [0.3, 0.4) is 0 Å². The van der Waals surface area contributed by atoms with Gasteiger partial charge in [-0.25, -0.2) is 18.7 Å². The van der Waals surface area contributed by atoms with Gasteiger partial charge in [-0.3, -0.25) is 18.7 Å². The van der Waals surface area contributed by atoms with Gasteiger partial charge in [0.25, 0.3) is 11.1 Å². The Bertz CT molecular complexity index is 1560. The number of phenolic OH excluding ortho intramolecular Hbond substituents is 1. The molecule has 0 aliphatic carbocycles. The van der Waals surface area contributed by atoms with E-state index in [0.29, 0.717) is 32.6 Å². The van der Waals surface area contributed by atoms with Gasteiger partial charge in [0.2, 0.25) is 0 Å². The molecule has 0 aliphatic heterocycles. The first kappa shape index (κ1) is 27.9.